The fourth-order valence-electron chi connectivity index (χ4n) is 1.88. The van der Waals surface area contributed by atoms with Gasteiger partial charge in [0.2, 0.25) is 0 Å². The molecule has 0 amide bonds. The molecule has 0 radical (unpaired) electrons. The summed E-state index contributed by atoms with van der Waals surface area (Å²) in [5.41, 5.74) is 7.35. The molecule has 0 saturated carbocycles. The van der Waals surface area contributed by atoms with E-state index in [0.29, 0.717) is 0 Å². The summed E-state index contributed by atoms with van der Waals surface area (Å²) < 4.78 is 3.08. The van der Waals surface area contributed by atoms with Crippen molar-refractivity contribution in [2.45, 2.75) is 36.6 Å². The van der Waals surface area contributed by atoms with Gasteiger partial charge in [0.05, 0.1) is 19.8 Å². The monoisotopic (exact) mass is 359 g/mol. The number of hydrogen-bond donors (Lipinski definition) is 1. The fourth-order valence-corrected chi connectivity index (χ4v) is 4.90. The Morgan fingerprint density at radius 2 is 2.26 bits per heavy atom. The van der Waals surface area contributed by atoms with Crippen LogP contribution in [0.2, 0.25) is 0 Å². The van der Waals surface area contributed by atoms with Crippen LogP contribution in [0.1, 0.15) is 29.2 Å². The van der Waals surface area contributed by atoms with Gasteiger partial charge < -0.3 is 5.73 Å². The summed E-state index contributed by atoms with van der Waals surface area (Å²) in [6.45, 7) is 4.15. The first-order valence-electron chi connectivity index (χ1n) is 6.19. The molecule has 0 aliphatic rings. The number of thioether (sulfide) groups is 1. The highest BCUT2D eigenvalue weighted by atomic mass is 79.9. The van der Waals surface area contributed by atoms with Crippen LogP contribution >= 0.6 is 39.0 Å². The average molecular weight is 360 g/mol. The van der Waals surface area contributed by atoms with Crippen molar-refractivity contribution in [1.82, 2.24) is 9.78 Å². The molecule has 0 bridgehead atoms. The van der Waals surface area contributed by atoms with E-state index in [0.717, 1.165) is 20.9 Å². The molecule has 2 N–H and O–H groups in total. The van der Waals surface area contributed by atoms with E-state index < -0.39 is 0 Å². The Labute approximate surface area is 130 Å². The molecule has 2 heterocycles. The van der Waals surface area contributed by atoms with Gasteiger partial charge in [-0.15, -0.1) is 11.3 Å². The Morgan fingerprint density at radius 3 is 2.74 bits per heavy atom. The predicted octanol–water partition coefficient (Wildman–Crippen LogP) is 4.12. The maximum absolute atomic E-state index is 6.30. The minimum Gasteiger partial charge on any atom is -0.326 e. The first-order chi connectivity index (χ1) is 9.01. The minimum atomic E-state index is 0.144. The Bertz CT molecular complexity index is 550. The standard InChI is InChI=1S/C13H18BrN3S2/c1-4-9(15)13(10-5-6-11(14)18-10)19-12-7-8(2)16-17(12)3/h5-7,9,13H,4,15H2,1-3H3. The third-order valence-corrected chi connectivity index (χ3v) is 6.28. The predicted molar refractivity (Wildman–Crippen MR) is 86.8 cm³/mol. The molecule has 19 heavy (non-hydrogen) atoms. The molecule has 0 spiro atoms. The molecule has 2 aromatic rings. The van der Waals surface area contributed by atoms with Crippen LogP contribution < -0.4 is 5.73 Å². The Balaban J connectivity index is 2.26. The van der Waals surface area contributed by atoms with Crippen LogP contribution in [0.4, 0.5) is 0 Å². The lowest BCUT2D eigenvalue weighted by molar-refractivity contribution is 0.633. The summed E-state index contributed by atoms with van der Waals surface area (Å²) >= 11 is 7.08. The second kappa shape index (κ2) is 6.43. The summed E-state index contributed by atoms with van der Waals surface area (Å²) in [7, 11) is 1.98. The fraction of sp³-hybridized carbons (Fsp3) is 0.462. The number of nitrogens with zero attached hydrogens (tertiary/aromatic N) is 2. The first-order valence-corrected chi connectivity index (χ1v) is 8.68. The van der Waals surface area contributed by atoms with Crippen LogP contribution in [0.3, 0.4) is 0 Å². The van der Waals surface area contributed by atoms with Crippen LogP contribution in [0, 0.1) is 6.92 Å². The van der Waals surface area contributed by atoms with Crippen molar-refractivity contribution >= 4 is 39.0 Å². The van der Waals surface area contributed by atoms with Gasteiger partial charge in [0.15, 0.2) is 0 Å². The summed E-state index contributed by atoms with van der Waals surface area (Å²) in [4.78, 5) is 1.31. The number of thiophene rings is 1. The molecule has 0 fully saturated rings. The second-order valence-electron chi connectivity index (χ2n) is 4.50. The molecule has 6 heteroatoms. The van der Waals surface area contributed by atoms with E-state index in [1.807, 2.05) is 18.7 Å². The quantitative estimate of drug-likeness (QED) is 0.816. The summed E-state index contributed by atoms with van der Waals surface area (Å²) in [6.07, 6.45) is 0.962. The van der Waals surface area contributed by atoms with E-state index in [4.69, 9.17) is 5.73 Å². The molecule has 0 aromatic carbocycles. The Hall–Kier alpha value is -0.300. The van der Waals surface area contributed by atoms with E-state index in [-0.39, 0.29) is 11.3 Å². The molecule has 2 rings (SSSR count). The topological polar surface area (TPSA) is 43.8 Å². The second-order valence-corrected chi connectivity index (χ2v) is 8.16. The summed E-state index contributed by atoms with van der Waals surface area (Å²) in [6, 6.07) is 6.50. The maximum atomic E-state index is 6.30. The smallest absolute Gasteiger partial charge is 0.0946 e. The number of hydrogen-bond acceptors (Lipinski definition) is 4. The van der Waals surface area contributed by atoms with Crippen molar-refractivity contribution in [3.63, 3.8) is 0 Å². The number of aromatic nitrogens is 2. The van der Waals surface area contributed by atoms with Crippen LogP contribution in [0.5, 0.6) is 0 Å². The molecule has 3 nitrogen and oxygen atoms in total. The third-order valence-electron chi connectivity index (χ3n) is 2.94. The van der Waals surface area contributed by atoms with Crippen molar-refractivity contribution in [3.8, 4) is 0 Å². The average Bonchev–Trinajstić information content (AvgIpc) is 2.91. The van der Waals surface area contributed by atoms with Gasteiger partial charge in [-0.1, -0.05) is 18.7 Å². The van der Waals surface area contributed by atoms with Gasteiger partial charge in [0.25, 0.3) is 0 Å². The van der Waals surface area contributed by atoms with Gasteiger partial charge in [-0.25, -0.2) is 0 Å². The van der Waals surface area contributed by atoms with Gasteiger partial charge in [-0.2, -0.15) is 5.10 Å². The van der Waals surface area contributed by atoms with Crippen LogP contribution in [-0.4, -0.2) is 15.8 Å². The zero-order valence-corrected chi connectivity index (χ0v) is 14.5. The zero-order chi connectivity index (χ0) is 14.0. The van der Waals surface area contributed by atoms with Crippen LogP contribution in [0.15, 0.2) is 27.0 Å². The van der Waals surface area contributed by atoms with Crippen molar-refractivity contribution in [3.05, 3.63) is 32.6 Å². The SMILES string of the molecule is CCC(N)C(Sc1cc(C)nn1C)c1ccc(Br)s1. The lowest BCUT2D eigenvalue weighted by Crippen LogP contribution is -2.25. The van der Waals surface area contributed by atoms with Crippen molar-refractivity contribution in [1.29, 1.82) is 0 Å². The number of nitrogens with two attached hydrogens (primary N) is 1. The molecule has 0 saturated heterocycles. The molecular weight excluding hydrogens is 342 g/mol. The molecule has 0 aliphatic heterocycles. The summed E-state index contributed by atoms with van der Waals surface area (Å²) in [5, 5.41) is 5.83. The van der Waals surface area contributed by atoms with Crippen LogP contribution in [0.25, 0.3) is 0 Å². The van der Waals surface area contributed by atoms with E-state index in [9.17, 15) is 0 Å². The Kier molecular flexibility index (Phi) is 5.11. The highest BCUT2D eigenvalue weighted by molar-refractivity contribution is 9.11. The van der Waals surface area contributed by atoms with E-state index in [2.05, 4.69) is 46.2 Å². The number of rotatable bonds is 5. The van der Waals surface area contributed by atoms with E-state index >= 15 is 0 Å². The third kappa shape index (κ3) is 3.62. The van der Waals surface area contributed by atoms with Gasteiger partial charge in [-0.3, -0.25) is 4.68 Å². The highest BCUT2D eigenvalue weighted by Gasteiger charge is 2.23. The highest BCUT2D eigenvalue weighted by Crippen LogP contribution is 2.41. The van der Waals surface area contributed by atoms with Gasteiger partial charge in [-0.05, 0) is 47.5 Å². The maximum Gasteiger partial charge on any atom is 0.0946 e. The van der Waals surface area contributed by atoms with Gasteiger partial charge in [0, 0.05) is 18.0 Å². The van der Waals surface area contributed by atoms with Crippen molar-refractivity contribution in [2.24, 2.45) is 12.8 Å². The number of halogens is 1. The zero-order valence-electron chi connectivity index (χ0n) is 11.3. The largest absolute Gasteiger partial charge is 0.326 e. The molecular formula is C13H18BrN3S2. The summed E-state index contributed by atoms with van der Waals surface area (Å²) in [5.74, 6) is 0. The molecule has 2 unspecified atom stereocenters. The normalized spacial score (nSPS) is 14.6. The lowest BCUT2D eigenvalue weighted by Gasteiger charge is -2.21. The number of aryl methyl sites for hydroxylation is 2. The van der Waals surface area contributed by atoms with Crippen molar-refractivity contribution in [2.75, 3.05) is 0 Å². The molecule has 104 valence electrons. The first kappa shape index (κ1) is 15.1. The minimum absolute atomic E-state index is 0.144. The van der Waals surface area contributed by atoms with Crippen molar-refractivity contribution < 1.29 is 0 Å². The van der Waals surface area contributed by atoms with E-state index in [1.54, 1.807) is 23.1 Å². The van der Waals surface area contributed by atoms with Gasteiger partial charge in [0.1, 0.15) is 0 Å². The van der Waals surface area contributed by atoms with E-state index in [1.165, 1.54) is 4.88 Å². The van der Waals surface area contributed by atoms with Gasteiger partial charge >= 0.3 is 0 Å². The molecule has 2 aromatic heterocycles. The molecule has 2 atom stereocenters. The lowest BCUT2D eigenvalue weighted by atomic mass is 10.1. The molecule has 0 aliphatic carbocycles. The van der Waals surface area contributed by atoms with Crippen LogP contribution in [-0.2, 0) is 7.05 Å². The Morgan fingerprint density at radius 1 is 1.53 bits per heavy atom.